The molecule has 2 aromatic rings. The molecule has 0 radical (unpaired) electrons. The number of hydrogen-bond donors (Lipinski definition) is 1. The van der Waals surface area contributed by atoms with E-state index < -0.39 is 0 Å². The van der Waals surface area contributed by atoms with Crippen molar-refractivity contribution in [1.29, 1.82) is 0 Å². The topological polar surface area (TPSA) is 50.8 Å². The fourth-order valence-corrected chi connectivity index (χ4v) is 5.95. The molecular weight excluding hydrogens is 443 g/mol. The molecule has 6 rings (SSSR count). The van der Waals surface area contributed by atoms with Gasteiger partial charge in [-0.3, -0.25) is 4.90 Å². The standard InChI is InChI=1S/C29H37FN2O3/c1-18(2)34-22-7-5-19(6-8-22)23-15-21-9-12-29(3,4)27(24(21)16-25(23)30)31-28(33)35-26-17-32-13-10-20(26)11-14-32/h5-8,15-16,18,20,26-27H,9-14,17H2,1-4H3,(H,31,33)/t26-,27?/m1/s1. The van der Waals surface area contributed by atoms with Crippen LogP contribution in [0.2, 0.25) is 0 Å². The molecule has 6 heteroatoms. The normalized spacial score (nSPS) is 26.8. The Hall–Kier alpha value is -2.60. The molecule has 3 saturated heterocycles. The average Bonchev–Trinajstić information content (AvgIpc) is 2.82. The number of hydrogen-bond acceptors (Lipinski definition) is 4. The van der Waals surface area contributed by atoms with Crippen LogP contribution in [0.1, 0.15) is 64.1 Å². The third-order valence-corrected chi connectivity index (χ3v) is 8.01. The molecule has 0 aromatic heterocycles. The average molecular weight is 481 g/mol. The fraction of sp³-hybridized carbons (Fsp3) is 0.552. The predicted octanol–water partition coefficient (Wildman–Crippen LogP) is 6.11. The van der Waals surface area contributed by atoms with E-state index in [1.165, 1.54) is 0 Å². The number of carbonyl (C=O) groups is 1. The van der Waals surface area contributed by atoms with E-state index >= 15 is 4.39 Å². The van der Waals surface area contributed by atoms with E-state index in [2.05, 4.69) is 24.1 Å². The van der Waals surface area contributed by atoms with E-state index in [4.69, 9.17) is 9.47 Å². The number of benzene rings is 2. The van der Waals surface area contributed by atoms with Crippen molar-refractivity contribution in [2.45, 2.75) is 71.6 Å². The van der Waals surface area contributed by atoms with Crippen LogP contribution in [-0.4, -0.2) is 42.8 Å². The number of fused-ring (bicyclic) bond motifs is 4. The summed E-state index contributed by atoms with van der Waals surface area (Å²) >= 11 is 0. The number of piperidine rings is 3. The van der Waals surface area contributed by atoms with Crippen LogP contribution in [0.15, 0.2) is 36.4 Å². The third kappa shape index (κ3) is 5.04. The van der Waals surface area contributed by atoms with Crippen molar-refractivity contribution in [1.82, 2.24) is 10.2 Å². The zero-order valence-electron chi connectivity index (χ0n) is 21.3. The smallest absolute Gasteiger partial charge is 0.407 e. The van der Waals surface area contributed by atoms with Crippen LogP contribution in [-0.2, 0) is 11.2 Å². The van der Waals surface area contributed by atoms with Gasteiger partial charge in [0.2, 0.25) is 0 Å². The molecule has 3 aliphatic heterocycles. The highest BCUT2D eigenvalue weighted by atomic mass is 19.1. The minimum absolute atomic E-state index is 0.0505. The molecule has 35 heavy (non-hydrogen) atoms. The Morgan fingerprint density at radius 2 is 1.86 bits per heavy atom. The summed E-state index contributed by atoms with van der Waals surface area (Å²) in [6.45, 7) is 11.3. The lowest BCUT2D eigenvalue weighted by atomic mass is 9.70. The Morgan fingerprint density at radius 1 is 1.14 bits per heavy atom. The number of halogens is 1. The molecule has 188 valence electrons. The zero-order valence-corrected chi connectivity index (χ0v) is 21.3. The molecular formula is C29H37FN2O3. The first-order chi connectivity index (χ1) is 16.7. The Balaban J connectivity index is 1.36. The predicted molar refractivity (Wildman–Crippen MR) is 135 cm³/mol. The molecule has 1 aliphatic carbocycles. The first-order valence-electron chi connectivity index (χ1n) is 13.0. The summed E-state index contributed by atoms with van der Waals surface area (Å²) in [7, 11) is 0. The number of nitrogens with one attached hydrogen (secondary N) is 1. The Labute approximate surface area is 208 Å². The SMILES string of the molecule is CC(C)Oc1ccc(-c2cc3c(cc2F)C(NC(=O)O[C@@H]2CN4CCC2CC4)C(C)(C)CC3)cc1. The van der Waals surface area contributed by atoms with Crippen LogP contribution in [0, 0.1) is 17.2 Å². The van der Waals surface area contributed by atoms with Gasteiger partial charge in [-0.15, -0.1) is 0 Å². The molecule has 2 aromatic carbocycles. The molecule has 1 unspecified atom stereocenters. The molecule has 3 heterocycles. The van der Waals surface area contributed by atoms with Crippen LogP contribution in [0.25, 0.3) is 11.1 Å². The van der Waals surface area contributed by atoms with Gasteiger partial charge in [-0.05, 0) is 105 Å². The Kier molecular flexibility index (Phi) is 6.51. The van der Waals surface area contributed by atoms with Gasteiger partial charge in [0.15, 0.2) is 0 Å². The second-order valence-electron chi connectivity index (χ2n) is 11.4. The lowest BCUT2D eigenvalue weighted by Crippen LogP contribution is -2.53. The van der Waals surface area contributed by atoms with Crippen molar-refractivity contribution in [2.24, 2.45) is 11.3 Å². The molecule has 1 N–H and O–H groups in total. The van der Waals surface area contributed by atoms with Gasteiger partial charge in [0, 0.05) is 12.1 Å². The van der Waals surface area contributed by atoms with Crippen LogP contribution in [0.3, 0.4) is 0 Å². The van der Waals surface area contributed by atoms with Gasteiger partial charge in [-0.1, -0.05) is 26.0 Å². The number of carbonyl (C=O) groups excluding carboxylic acids is 1. The minimum Gasteiger partial charge on any atom is -0.491 e. The van der Waals surface area contributed by atoms with E-state index in [1.54, 1.807) is 6.07 Å². The lowest BCUT2D eigenvalue weighted by molar-refractivity contribution is -0.0353. The van der Waals surface area contributed by atoms with Crippen LogP contribution in [0.4, 0.5) is 9.18 Å². The van der Waals surface area contributed by atoms with Gasteiger partial charge in [0.05, 0.1) is 12.1 Å². The largest absolute Gasteiger partial charge is 0.491 e. The quantitative estimate of drug-likeness (QED) is 0.561. The van der Waals surface area contributed by atoms with E-state index in [9.17, 15) is 4.79 Å². The van der Waals surface area contributed by atoms with Crippen LogP contribution in [0.5, 0.6) is 5.75 Å². The number of aryl methyl sites for hydroxylation is 1. The van der Waals surface area contributed by atoms with Gasteiger partial charge in [0.25, 0.3) is 0 Å². The highest BCUT2D eigenvalue weighted by Crippen LogP contribution is 2.45. The Bertz CT molecular complexity index is 1070. The van der Waals surface area contributed by atoms with Crippen molar-refractivity contribution < 1.29 is 18.7 Å². The zero-order chi connectivity index (χ0) is 24.7. The number of rotatable bonds is 5. The second-order valence-corrected chi connectivity index (χ2v) is 11.4. The van der Waals surface area contributed by atoms with Gasteiger partial charge in [-0.25, -0.2) is 9.18 Å². The van der Waals surface area contributed by atoms with Crippen LogP contribution < -0.4 is 10.1 Å². The molecule has 4 aliphatic rings. The molecule has 1 amide bonds. The van der Waals surface area contributed by atoms with Gasteiger partial charge in [0.1, 0.15) is 17.7 Å². The Morgan fingerprint density at radius 3 is 2.49 bits per heavy atom. The van der Waals surface area contributed by atoms with Crippen molar-refractivity contribution in [2.75, 3.05) is 19.6 Å². The van der Waals surface area contributed by atoms with Gasteiger partial charge < -0.3 is 14.8 Å². The molecule has 2 bridgehead atoms. The maximum atomic E-state index is 15.4. The van der Waals surface area contributed by atoms with E-state index in [1.807, 2.05) is 44.2 Å². The summed E-state index contributed by atoms with van der Waals surface area (Å²) in [6, 6.07) is 10.8. The minimum atomic E-state index is -0.389. The van der Waals surface area contributed by atoms with Gasteiger partial charge in [-0.2, -0.15) is 0 Å². The first kappa shape index (κ1) is 24.1. The van der Waals surface area contributed by atoms with Crippen molar-refractivity contribution in [3.05, 3.63) is 53.3 Å². The summed E-state index contributed by atoms with van der Waals surface area (Å²) < 4.78 is 27.1. The maximum Gasteiger partial charge on any atom is 0.407 e. The van der Waals surface area contributed by atoms with E-state index in [-0.39, 0.29) is 35.6 Å². The summed E-state index contributed by atoms with van der Waals surface area (Å²) in [5, 5.41) is 3.12. The fourth-order valence-electron chi connectivity index (χ4n) is 5.95. The summed E-state index contributed by atoms with van der Waals surface area (Å²) in [4.78, 5) is 15.3. The maximum absolute atomic E-state index is 15.4. The number of nitrogens with zero attached hydrogens (tertiary/aromatic N) is 1. The highest BCUT2D eigenvalue weighted by Gasteiger charge is 2.40. The summed E-state index contributed by atoms with van der Waals surface area (Å²) in [5.41, 5.74) is 3.13. The molecule has 5 nitrogen and oxygen atoms in total. The number of ether oxygens (including phenoxy) is 2. The van der Waals surface area contributed by atoms with Crippen molar-refractivity contribution >= 4 is 6.09 Å². The van der Waals surface area contributed by atoms with E-state index in [0.717, 1.165) is 67.8 Å². The highest BCUT2D eigenvalue weighted by molar-refractivity contribution is 5.70. The molecule has 2 atom stereocenters. The lowest BCUT2D eigenvalue weighted by Gasteiger charge is -2.44. The van der Waals surface area contributed by atoms with Crippen molar-refractivity contribution in [3.63, 3.8) is 0 Å². The molecule has 3 fully saturated rings. The monoisotopic (exact) mass is 480 g/mol. The van der Waals surface area contributed by atoms with E-state index in [0.29, 0.717) is 11.5 Å². The second kappa shape index (κ2) is 9.45. The summed E-state index contributed by atoms with van der Waals surface area (Å²) in [6.07, 6.45) is 3.58. The number of amides is 1. The first-order valence-corrected chi connectivity index (χ1v) is 13.0. The van der Waals surface area contributed by atoms with Gasteiger partial charge >= 0.3 is 6.09 Å². The van der Waals surface area contributed by atoms with Crippen molar-refractivity contribution in [3.8, 4) is 16.9 Å². The van der Waals surface area contributed by atoms with Crippen LogP contribution >= 0.6 is 0 Å². The third-order valence-electron chi connectivity index (χ3n) is 8.01. The molecule has 0 saturated carbocycles. The molecule has 0 spiro atoms. The summed E-state index contributed by atoms with van der Waals surface area (Å²) in [5.74, 6) is 0.945. The number of alkyl carbamates (subject to hydrolysis) is 1.